The van der Waals surface area contributed by atoms with E-state index in [1.807, 2.05) is 18.2 Å². The smallest absolute Gasteiger partial charge is 0.196 e. The molecule has 2 aliphatic heterocycles. The van der Waals surface area contributed by atoms with E-state index in [4.69, 9.17) is 0 Å². The second-order valence-electron chi connectivity index (χ2n) is 4.91. The van der Waals surface area contributed by atoms with E-state index in [-0.39, 0.29) is 0 Å². The number of amidine groups is 1. The van der Waals surface area contributed by atoms with Crippen molar-refractivity contribution in [1.82, 2.24) is 10.3 Å². The first-order valence-electron chi connectivity index (χ1n) is 6.84. The highest BCUT2D eigenvalue weighted by atomic mass is 79.9. The molecule has 2 aromatic rings. The van der Waals surface area contributed by atoms with Crippen molar-refractivity contribution in [2.45, 2.75) is 0 Å². The lowest BCUT2D eigenvalue weighted by molar-refractivity contribution is 0.759. The molecule has 0 atom stereocenters. The van der Waals surface area contributed by atoms with Crippen LogP contribution in [0.1, 0.15) is 11.1 Å². The lowest BCUT2D eigenvalue weighted by atomic mass is 10.1. The molecule has 0 saturated carbocycles. The third-order valence-corrected chi connectivity index (χ3v) is 4.87. The van der Waals surface area contributed by atoms with E-state index in [2.05, 4.69) is 79.4 Å². The maximum absolute atomic E-state index is 4.47. The van der Waals surface area contributed by atoms with Gasteiger partial charge in [-0.05, 0) is 17.7 Å². The molecule has 0 aliphatic carbocycles. The first kappa shape index (κ1) is 13.7. The van der Waals surface area contributed by atoms with Crippen molar-refractivity contribution in [3.63, 3.8) is 0 Å². The van der Waals surface area contributed by atoms with Gasteiger partial charge in [0.2, 0.25) is 0 Å². The van der Waals surface area contributed by atoms with Crippen molar-refractivity contribution in [3.05, 3.63) is 81.8 Å². The fourth-order valence-electron chi connectivity index (χ4n) is 2.38. The first-order valence-corrected chi connectivity index (χ1v) is 8.51. The second-order valence-corrected chi connectivity index (χ2v) is 6.67. The highest BCUT2D eigenvalue weighted by Crippen LogP contribution is 2.36. The molecule has 0 bridgehead atoms. The number of nitrogens with zero attached hydrogens (tertiary/aromatic N) is 2. The standard InChI is InChI=1S/C17H12BrN3S/c18-14-8-6-12(7-9-14)15-10-21-16(11-22-17(21)20-19-15)13-4-2-1-3-5-13/h1-11,19H. The summed E-state index contributed by atoms with van der Waals surface area (Å²) in [5.41, 5.74) is 7.57. The van der Waals surface area contributed by atoms with Crippen LogP contribution in [0.5, 0.6) is 0 Å². The van der Waals surface area contributed by atoms with Gasteiger partial charge < -0.3 is 0 Å². The first-order chi connectivity index (χ1) is 10.8. The second kappa shape index (κ2) is 5.66. The molecule has 4 rings (SSSR count). The number of fused-ring (bicyclic) bond motifs is 1. The van der Waals surface area contributed by atoms with E-state index < -0.39 is 0 Å². The number of halogens is 1. The summed E-state index contributed by atoms with van der Waals surface area (Å²) in [6.45, 7) is 0. The van der Waals surface area contributed by atoms with E-state index >= 15 is 0 Å². The summed E-state index contributed by atoms with van der Waals surface area (Å²) in [6, 6.07) is 18.6. The molecule has 2 aromatic carbocycles. The van der Waals surface area contributed by atoms with Crippen LogP contribution in [-0.2, 0) is 0 Å². The maximum atomic E-state index is 4.47. The van der Waals surface area contributed by atoms with Crippen LogP contribution < -0.4 is 5.43 Å². The maximum Gasteiger partial charge on any atom is 0.196 e. The molecule has 0 fully saturated rings. The average Bonchev–Trinajstić information content (AvgIpc) is 2.99. The SMILES string of the molecule is Brc1ccc(C2=CN3C(c4ccccc4)=CSC3=NN2)cc1. The van der Waals surface area contributed by atoms with Gasteiger partial charge in [0.25, 0.3) is 0 Å². The highest BCUT2D eigenvalue weighted by Gasteiger charge is 2.26. The van der Waals surface area contributed by atoms with Gasteiger partial charge in [-0.25, -0.2) is 0 Å². The van der Waals surface area contributed by atoms with Crippen molar-refractivity contribution < 1.29 is 0 Å². The number of rotatable bonds is 2. The largest absolute Gasteiger partial charge is 0.291 e. The molecule has 108 valence electrons. The highest BCUT2D eigenvalue weighted by molar-refractivity contribution is 9.10. The predicted molar refractivity (Wildman–Crippen MR) is 96.5 cm³/mol. The van der Waals surface area contributed by atoms with Crippen molar-refractivity contribution in [2.75, 3.05) is 0 Å². The molecule has 0 spiro atoms. The summed E-state index contributed by atoms with van der Waals surface area (Å²) in [5.74, 6) is 0. The number of benzene rings is 2. The molecule has 5 heteroatoms. The molecule has 22 heavy (non-hydrogen) atoms. The Morgan fingerprint density at radius 2 is 1.73 bits per heavy atom. The van der Waals surface area contributed by atoms with Gasteiger partial charge in [-0.3, -0.25) is 10.3 Å². The minimum absolute atomic E-state index is 0.944. The minimum atomic E-state index is 0.944. The third kappa shape index (κ3) is 2.46. The van der Waals surface area contributed by atoms with Crippen molar-refractivity contribution >= 4 is 44.3 Å². The van der Waals surface area contributed by atoms with Crippen LogP contribution >= 0.6 is 27.7 Å². The number of hydrogen-bond acceptors (Lipinski definition) is 4. The van der Waals surface area contributed by atoms with Gasteiger partial charge in [0.1, 0.15) is 0 Å². The molecular formula is C17H12BrN3S. The Hall–Kier alpha value is -1.98. The molecule has 0 radical (unpaired) electrons. The lowest BCUT2D eigenvalue weighted by Crippen LogP contribution is -2.26. The molecule has 0 saturated heterocycles. The normalized spacial score (nSPS) is 16.4. The molecule has 0 amide bonds. The fourth-order valence-corrected chi connectivity index (χ4v) is 3.47. The van der Waals surface area contributed by atoms with Gasteiger partial charge in [-0.2, -0.15) is 0 Å². The number of thioether (sulfide) groups is 1. The lowest BCUT2D eigenvalue weighted by Gasteiger charge is -2.24. The zero-order valence-electron chi connectivity index (χ0n) is 11.5. The van der Waals surface area contributed by atoms with Gasteiger partial charge >= 0.3 is 0 Å². The quantitative estimate of drug-likeness (QED) is 0.833. The molecule has 2 heterocycles. The molecule has 1 N–H and O–H groups in total. The van der Waals surface area contributed by atoms with Gasteiger partial charge in [-0.1, -0.05) is 70.2 Å². The minimum Gasteiger partial charge on any atom is -0.291 e. The van der Waals surface area contributed by atoms with E-state index in [1.165, 1.54) is 5.56 Å². The van der Waals surface area contributed by atoms with Crippen LogP contribution in [0.4, 0.5) is 0 Å². The van der Waals surface area contributed by atoms with Crippen LogP contribution in [0, 0.1) is 0 Å². The Labute approximate surface area is 141 Å². The van der Waals surface area contributed by atoms with Crippen molar-refractivity contribution in [3.8, 4) is 0 Å². The van der Waals surface area contributed by atoms with Crippen molar-refractivity contribution in [2.24, 2.45) is 5.10 Å². The van der Waals surface area contributed by atoms with Crippen LogP contribution in [0.2, 0.25) is 0 Å². The number of hydrogen-bond donors (Lipinski definition) is 1. The average molecular weight is 370 g/mol. The monoisotopic (exact) mass is 369 g/mol. The van der Waals surface area contributed by atoms with Crippen LogP contribution in [0.3, 0.4) is 0 Å². The summed E-state index contributed by atoms with van der Waals surface area (Å²) >= 11 is 5.09. The zero-order valence-corrected chi connectivity index (χ0v) is 13.9. The molecule has 2 aliphatic rings. The molecular weight excluding hydrogens is 358 g/mol. The van der Waals surface area contributed by atoms with Gasteiger partial charge in [0.05, 0.1) is 11.4 Å². The number of nitrogens with one attached hydrogen (secondary N) is 1. The van der Waals surface area contributed by atoms with E-state index in [1.54, 1.807) is 11.8 Å². The Morgan fingerprint density at radius 1 is 0.955 bits per heavy atom. The van der Waals surface area contributed by atoms with Gasteiger partial charge in [0, 0.05) is 21.6 Å². The van der Waals surface area contributed by atoms with Crippen LogP contribution in [0.15, 0.2) is 75.8 Å². The van der Waals surface area contributed by atoms with E-state index in [0.717, 1.165) is 26.6 Å². The van der Waals surface area contributed by atoms with Crippen LogP contribution in [0.25, 0.3) is 11.4 Å². The van der Waals surface area contributed by atoms with E-state index in [9.17, 15) is 0 Å². The summed E-state index contributed by atoms with van der Waals surface area (Å²) in [6.07, 6.45) is 2.10. The summed E-state index contributed by atoms with van der Waals surface area (Å²) in [7, 11) is 0. The molecule has 3 nitrogen and oxygen atoms in total. The molecule has 0 aromatic heterocycles. The Balaban J connectivity index is 1.69. The Morgan fingerprint density at radius 3 is 2.50 bits per heavy atom. The molecule has 0 unspecified atom stereocenters. The van der Waals surface area contributed by atoms with Gasteiger partial charge in [-0.15, -0.1) is 5.10 Å². The summed E-state index contributed by atoms with van der Waals surface area (Å²) in [5, 5.41) is 7.55. The number of hydrazone groups is 1. The van der Waals surface area contributed by atoms with Crippen LogP contribution in [-0.4, -0.2) is 10.1 Å². The Kier molecular flexibility index (Phi) is 3.52. The van der Waals surface area contributed by atoms with E-state index in [0.29, 0.717) is 0 Å². The zero-order chi connectivity index (χ0) is 14.9. The third-order valence-electron chi connectivity index (χ3n) is 3.50. The van der Waals surface area contributed by atoms with Crippen molar-refractivity contribution in [1.29, 1.82) is 0 Å². The Bertz CT molecular complexity index is 794. The summed E-state index contributed by atoms with van der Waals surface area (Å²) in [4.78, 5) is 2.13. The fraction of sp³-hybridized carbons (Fsp3) is 0. The predicted octanol–water partition coefficient (Wildman–Crippen LogP) is 4.67. The summed E-state index contributed by atoms with van der Waals surface area (Å²) < 4.78 is 1.07. The topological polar surface area (TPSA) is 27.6 Å². The van der Waals surface area contributed by atoms with Gasteiger partial charge in [0.15, 0.2) is 5.17 Å².